The van der Waals surface area contributed by atoms with Gasteiger partial charge < -0.3 is 9.72 Å². The van der Waals surface area contributed by atoms with E-state index in [0.29, 0.717) is 31.0 Å². The Morgan fingerprint density at radius 1 is 1.16 bits per heavy atom. The molecule has 9 heteroatoms. The summed E-state index contributed by atoms with van der Waals surface area (Å²) in [6.45, 7) is 4.62. The smallest absolute Gasteiger partial charge is 0.253 e. The Labute approximate surface area is 224 Å². The minimum atomic E-state index is -0.464. The molecule has 0 radical (unpaired) electrons. The zero-order valence-electron chi connectivity index (χ0n) is 21.3. The first kappa shape index (κ1) is 24.7. The first-order chi connectivity index (χ1) is 18.7. The second-order valence-electron chi connectivity index (χ2n) is 9.82. The molecule has 0 saturated carbocycles. The fraction of sp³-hybridized carbons (Fsp3) is 0.310. The van der Waals surface area contributed by atoms with Gasteiger partial charge >= 0.3 is 0 Å². The lowest BCUT2D eigenvalue weighted by Crippen LogP contribution is -2.39. The standard InChI is InChI=1S/C29H30N6O2S/c1-20-8-5-11-22-16-25(29(36)30-26(20)22)27(28-31-32-33-35(28)17-21-9-3-2-4-10-21)34(18-23-12-6-14-37-23)19-24-13-7-15-38-24/h2-5,7-11,13,15-16,23,27H,6,12,14,17-19H2,1H3,(H,30,36)/t23-,27+/m1/s1. The minimum Gasteiger partial charge on any atom is -0.377 e. The van der Waals surface area contributed by atoms with E-state index in [4.69, 9.17) is 4.74 Å². The lowest BCUT2D eigenvalue weighted by molar-refractivity contribution is 0.0578. The van der Waals surface area contributed by atoms with Crippen LogP contribution in [0.1, 0.15) is 46.3 Å². The number of nitrogens with one attached hydrogen (secondary N) is 1. The molecule has 194 valence electrons. The molecule has 2 aromatic carbocycles. The number of pyridine rings is 1. The molecular formula is C29H30N6O2S. The number of ether oxygens (including phenoxy) is 1. The van der Waals surface area contributed by atoms with Gasteiger partial charge in [-0.1, -0.05) is 54.6 Å². The van der Waals surface area contributed by atoms with Crippen LogP contribution in [0.5, 0.6) is 0 Å². The Bertz CT molecular complexity index is 1560. The van der Waals surface area contributed by atoms with Crippen LogP contribution in [0.2, 0.25) is 0 Å². The van der Waals surface area contributed by atoms with Crippen LogP contribution in [-0.2, 0) is 17.8 Å². The molecule has 0 spiro atoms. The molecule has 3 aromatic heterocycles. The van der Waals surface area contributed by atoms with Gasteiger partial charge in [-0.2, -0.15) is 0 Å². The molecule has 8 nitrogen and oxygen atoms in total. The van der Waals surface area contributed by atoms with E-state index in [1.807, 2.05) is 54.1 Å². The first-order valence-corrected chi connectivity index (χ1v) is 13.8. The minimum absolute atomic E-state index is 0.0951. The number of hydrogen-bond donors (Lipinski definition) is 1. The Kier molecular flexibility index (Phi) is 7.13. The van der Waals surface area contributed by atoms with Crippen LogP contribution in [-0.4, -0.2) is 49.3 Å². The third-order valence-electron chi connectivity index (χ3n) is 7.16. The highest BCUT2D eigenvalue weighted by molar-refractivity contribution is 7.09. The van der Waals surface area contributed by atoms with E-state index < -0.39 is 6.04 Å². The summed E-state index contributed by atoms with van der Waals surface area (Å²) in [7, 11) is 0. The van der Waals surface area contributed by atoms with Crippen molar-refractivity contribution >= 4 is 22.2 Å². The number of tetrazole rings is 1. The molecule has 38 heavy (non-hydrogen) atoms. The summed E-state index contributed by atoms with van der Waals surface area (Å²) in [5.41, 5.74) is 3.47. The number of para-hydroxylation sites is 1. The molecule has 1 N–H and O–H groups in total. The molecule has 0 aliphatic carbocycles. The number of thiophene rings is 1. The molecule has 0 unspecified atom stereocenters. The van der Waals surface area contributed by atoms with Crippen LogP contribution >= 0.6 is 11.3 Å². The van der Waals surface area contributed by atoms with Gasteiger partial charge in [0, 0.05) is 30.1 Å². The van der Waals surface area contributed by atoms with E-state index in [9.17, 15) is 4.79 Å². The molecule has 1 aliphatic heterocycles. The number of aryl methyl sites for hydroxylation is 1. The van der Waals surface area contributed by atoms with Crippen molar-refractivity contribution < 1.29 is 4.74 Å². The predicted molar refractivity (Wildman–Crippen MR) is 148 cm³/mol. The third kappa shape index (κ3) is 5.18. The number of H-pyrrole nitrogens is 1. The maximum absolute atomic E-state index is 13.7. The molecule has 4 heterocycles. The van der Waals surface area contributed by atoms with E-state index in [1.165, 1.54) is 4.88 Å². The lowest BCUT2D eigenvalue weighted by Gasteiger charge is -2.32. The number of rotatable bonds is 9. The summed E-state index contributed by atoms with van der Waals surface area (Å²) in [4.78, 5) is 20.4. The Morgan fingerprint density at radius 2 is 2.05 bits per heavy atom. The van der Waals surface area contributed by atoms with Crippen molar-refractivity contribution in [1.82, 2.24) is 30.1 Å². The molecule has 1 aliphatic rings. The molecule has 1 saturated heterocycles. The van der Waals surface area contributed by atoms with E-state index in [-0.39, 0.29) is 11.7 Å². The first-order valence-electron chi connectivity index (χ1n) is 13.0. The summed E-state index contributed by atoms with van der Waals surface area (Å²) < 4.78 is 7.88. The van der Waals surface area contributed by atoms with Crippen LogP contribution in [0.3, 0.4) is 0 Å². The van der Waals surface area contributed by atoms with Crippen molar-refractivity contribution in [3.8, 4) is 0 Å². The molecule has 2 atom stereocenters. The fourth-order valence-electron chi connectivity index (χ4n) is 5.29. The second kappa shape index (κ2) is 11.0. The molecule has 0 bridgehead atoms. The van der Waals surface area contributed by atoms with Gasteiger partial charge in [0.2, 0.25) is 0 Å². The summed E-state index contributed by atoms with van der Waals surface area (Å²) in [5, 5.41) is 16.0. The van der Waals surface area contributed by atoms with Crippen molar-refractivity contribution in [3.05, 3.63) is 110 Å². The maximum atomic E-state index is 13.7. The topological polar surface area (TPSA) is 88.9 Å². The zero-order chi connectivity index (χ0) is 25.9. The van der Waals surface area contributed by atoms with E-state index >= 15 is 0 Å². The normalized spacial score (nSPS) is 16.4. The second-order valence-corrected chi connectivity index (χ2v) is 10.9. The molecule has 0 amide bonds. The van der Waals surface area contributed by atoms with Gasteiger partial charge in [-0.15, -0.1) is 16.4 Å². The molecule has 6 rings (SSSR count). The van der Waals surface area contributed by atoms with E-state index in [1.54, 1.807) is 11.3 Å². The van der Waals surface area contributed by atoms with Gasteiger partial charge in [-0.3, -0.25) is 9.69 Å². The highest BCUT2D eigenvalue weighted by Crippen LogP contribution is 2.31. The average molecular weight is 527 g/mol. The number of benzene rings is 2. The highest BCUT2D eigenvalue weighted by atomic mass is 32.1. The van der Waals surface area contributed by atoms with Crippen LogP contribution in [0.4, 0.5) is 0 Å². The van der Waals surface area contributed by atoms with Gasteiger partial charge in [0.05, 0.1) is 18.2 Å². The summed E-state index contributed by atoms with van der Waals surface area (Å²) in [5.74, 6) is 0.640. The lowest BCUT2D eigenvalue weighted by atomic mass is 10.0. The Hall–Kier alpha value is -3.66. The number of fused-ring (bicyclic) bond motifs is 1. The molecular weight excluding hydrogens is 496 g/mol. The van der Waals surface area contributed by atoms with Crippen molar-refractivity contribution in [2.45, 2.75) is 45.0 Å². The summed E-state index contributed by atoms with van der Waals surface area (Å²) in [6, 6.07) is 21.9. The van der Waals surface area contributed by atoms with Gasteiger partial charge in [-0.25, -0.2) is 4.68 Å². The van der Waals surface area contributed by atoms with Crippen molar-refractivity contribution in [2.75, 3.05) is 13.2 Å². The van der Waals surface area contributed by atoms with Crippen molar-refractivity contribution in [3.63, 3.8) is 0 Å². The van der Waals surface area contributed by atoms with Crippen LogP contribution in [0, 0.1) is 6.92 Å². The number of hydrogen-bond acceptors (Lipinski definition) is 7. The van der Waals surface area contributed by atoms with Crippen molar-refractivity contribution in [1.29, 1.82) is 0 Å². The molecule has 5 aromatic rings. The maximum Gasteiger partial charge on any atom is 0.253 e. The van der Waals surface area contributed by atoms with Gasteiger partial charge in [-0.05, 0) is 64.2 Å². The van der Waals surface area contributed by atoms with Gasteiger partial charge in [0.1, 0.15) is 6.04 Å². The Morgan fingerprint density at radius 3 is 2.84 bits per heavy atom. The van der Waals surface area contributed by atoms with Crippen LogP contribution in [0.15, 0.2) is 76.9 Å². The fourth-order valence-corrected chi connectivity index (χ4v) is 6.02. The monoisotopic (exact) mass is 526 g/mol. The quantitative estimate of drug-likeness (QED) is 0.299. The number of nitrogens with zero attached hydrogens (tertiary/aromatic N) is 5. The third-order valence-corrected chi connectivity index (χ3v) is 8.02. The number of aromatic nitrogens is 5. The zero-order valence-corrected chi connectivity index (χ0v) is 22.1. The highest BCUT2D eigenvalue weighted by Gasteiger charge is 2.33. The van der Waals surface area contributed by atoms with Gasteiger partial charge in [0.15, 0.2) is 5.82 Å². The SMILES string of the molecule is Cc1cccc2cc([C@@H](c3nnnn3Cc3ccccc3)N(Cc3cccs3)C[C@H]3CCCO3)c(=O)[nH]c12. The summed E-state index contributed by atoms with van der Waals surface area (Å²) in [6.07, 6.45) is 2.14. The predicted octanol–water partition coefficient (Wildman–Crippen LogP) is 4.70. The van der Waals surface area contributed by atoms with Gasteiger partial charge in [0.25, 0.3) is 5.56 Å². The summed E-state index contributed by atoms with van der Waals surface area (Å²) >= 11 is 1.71. The van der Waals surface area contributed by atoms with E-state index in [0.717, 1.165) is 41.5 Å². The van der Waals surface area contributed by atoms with Crippen LogP contribution < -0.4 is 5.56 Å². The van der Waals surface area contributed by atoms with Crippen molar-refractivity contribution in [2.24, 2.45) is 0 Å². The molecule has 1 fully saturated rings. The Balaban J connectivity index is 1.50. The largest absolute Gasteiger partial charge is 0.377 e. The van der Waals surface area contributed by atoms with Crippen LogP contribution in [0.25, 0.3) is 10.9 Å². The number of aromatic amines is 1. The average Bonchev–Trinajstić information content (AvgIpc) is 3.71. The van der Waals surface area contributed by atoms with E-state index in [2.05, 4.69) is 55.1 Å².